The number of carbonyl (C=O) groups is 1. The molecule has 2 N–H and O–H groups in total. The molecule has 5 heteroatoms. The van der Waals surface area contributed by atoms with Crippen LogP contribution in [0.2, 0.25) is 5.02 Å². The van der Waals surface area contributed by atoms with Crippen LogP contribution in [0, 0.1) is 11.3 Å². The smallest absolute Gasteiger partial charge is 0.255 e. The molecule has 0 atom stereocenters. The molecule has 0 spiro atoms. The number of nitriles is 1. The molecule has 126 valence electrons. The van der Waals surface area contributed by atoms with Gasteiger partial charge in [-0.05, 0) is 55.8 Å². The average molecular weight is 352 g/mol. The highest BCUT2D eigenvalue weighted by atomic mass is 35.5. The normalized spacial score (nSPS) is 13.8. The van der Waals surface area contributed by atoms with Gasteiger partial charge < -0.3 is 10.6 Å². The Kier molecular flexibility index (Phi) is 5.49. The van der Waals surface area contributed by atoms with E-state index in [0.29, 0.717) is 21.8 Å². The van der Waals surface area contributed by atoms with E-state index in [1.165, 1.54) is 5.57 Å². The number of nitrogens with one attached hydrogen (secondary N) is 2. The molecular formula is C20H18ClN3O. The Morgan fingerprint density at radius 1 is 1.20 bits per heavy atom. The molecule has 1 aliphatic heterocycles. The van der Waals surface area contributed by atoms with Crippen molar-refractivity contribution < 1.29 is 4.79 Å². The lowest BCUT2D eigenvalue weighted by Gasteiger charge is -2.16. The van der Waals surface area contributed by atoms with Crippen LogP contribution in [0.5, 0.6) is 0 Å². The largest absolute Gasteiger partial charge is 0.321 e. The van der Waals surface area contributed by atoms with Crippen molar-refractivity contribution in [2.75, 3.05) is 18.4 Å². The number of hydrogen-bond donors (Lipinski definition) is 2. The highest BCUT2D eigenvalue weighted by Crippen LogP contribution is 2.29. The fourth-order valence-electron chi connectivity index (χ4n) is 2.79. The Hall–Kier alpha value is -2.61. The Morgan fingerprint density at radius 2 is 1.96 bits per heavy atom. The maximum atomic E-state index is 12.4. The van der Waals surface area contributed by atoms with Crippen molar-refractivity contribution in [3.63, 3.8) is 0 Å². The second-order valence-corrected chi connectivity index (χ2v) is 6.29. The molecule has 4 nitrogen and oxygen atoms in total. The number of hydrogen-bond acceptors (Lipinski definition) is 3. The van der Waals surface area contributed by atoms with E-state index in [1.54, 1.807) is 30.3 Å². The summed E-state index contributed by atoms with van der Waals surface area (Å²) in [6, 6.07) is 14.2. The molecule has 0 aromatic heterocycles. The van der Waals surface area contributed by atoms with Crippen LogP contribution in [0.15, 0.2) is 48.0 Å². The number of amides is 1. The maximum Gasteiger partial charge on any atom is 0.255 e. The van der Waals surface area contributed by atoms with Gasteiger partial charge in [0.2, 0.25) is 0 Å². The first-order valence-electron chi connectivity index (χ1n) is 8.17. The van der Waals surface area contributed by atoms with Crippen molar-refractivity contribution in [3.05, 3.63) is 69.8 Å². The van der Waals surface area contributed by atoms with E-state index in [-0.39, 0.29) is 5.91 Å². The summed E-state index contributed by atoms with van der Waals surface area (Å²) in [6.45, 7) is 1.96. The molecule has 0 bridgehead atoms. The number of halogens is 1. The van der Waals surface area contributed by atoms with E-state index in [0.717, 1.165) is 31.5 Å². The summed E-state index contributed by atoms with van der Waals surface area (Å²) in [5, 5.41) is 15.6. The minimum absolute atomic E-state index is 0.286. The Labute approximate surface area is 152 Å². The molecule has 1 fully saturated rings. The van der Waals surface area contributed by atoms with Crippen LogP contribution in [0.4, 0.5) is 5.69 Å². The van der Waals surface area contributed by atoms with Crippen LogP contribution < -0.4 is 10.6 Å². The lowest BCUT2D eigenvalue weighted by Crippen LogP contribution is -2.22. The van der Waals surface area contributed by atoms with Crippen molar-refractivity contribution in [2.45, 2.75) is 12.8 Å². The van der Waals surface area contributed by atoms with Gasteiger partial charge in [-0.15, -0.1) is 0 Å². The second kappa shape index (κ2) is 7.98. The molecule has 0 saturated carbocycles. The van der Waals surface area contributed by atoms with Gasteiger partial charge in [0.25, 0.3) is 5.91 Å². The summed E-state index contributed by atoms with van der Waals surface area (Å²) < 4.78 is 0. The van der Waals surface area contributed by atoms with Crippen molar-refractivity contribution in [1.29, 1.82) is 5.26 Å². The third-order valence-corrected chi connectivity index (χ3v) is 4.56. The quantitative estimate of drug-likeness (QED) is 0.869. The van der Waals surface area contributed by atoms with Crippen molar-refractivity contribution in [1.82, 2.24) is 5.32 Å². The molecule has 0 radical (unpaired) electrons. The summed E-state index contributed by atoms with van der Waals surface area (Å²) in [6.07, 6.45) is 4.12. The third-order valence-electron chi connectivity index (χ3n) is 4.14. The molecule has 0 unspecified atom stereocenters. The third kappa shape index (κ3) is 4.27. The number of nitrogens with zero attached hydrogens (tertiary/aromatic N) is 1. The Balaban J connectivity index is 1.82. The molecule has 3 rings (SSSR count). The molecular weight excluding hydrogens is 334 g/mol. The number of carbonyl (C=O) groups excluding carboxylic acids is 1. The zero-order valence-electron chi connectivity index (χ0n) is 13.7. The first kappa shape index (κ1) is 17.2. The number of rotatable bonds is 3. The predicted molar refractivity (Wildman–Crippen MR) is 101 cm³/mol. The highest BCUT2D eigenvalue weighted by molar-refractivity contribution is 6.35. The fourth-order valence-corrected chi connectivity index (χ4v) is 3.02. The van der Waals surface area contributed by atoms with E-state index >= 15 is 0 Å². The molecule has 1 aliphatic rings. The molecule has 2 aromatic rings. The summed E-state index contributed by atoms with van der Waals surface area (Å²) >= 11 is 6.49. The van der Waals surface area contributed by atoms with Crippen LogP contribution in [-0.4, -0.2) is 19.0 Å². The predicted octanol–water partition coefficient (Wildman–Crippen LogP) is 4.23. The van der Waals surface area contributed by atoms with Crippen molar-refractivity contribution in [2.24, 2.45) is 0 Å². The minimum Gasteiger partial charge on any atom is -0.321 e. The summed E-state index contributed by atoms with van der Waals surface area (Å²) in [7, 11) is 0. The van der Waals surface area contributed by atoms with E-state index in [2.05, 4.69) is 16.7 Å². The summed E-state index contributed by atoms with van der Waals surface area (Å²) in [4.78, 5) is 12.4. The van der Waals surface area contributed by atoms with E-state index < -0.39 is 0 Å². The monoisotopic (exact) mass is 351 g/mol. The fraction of sp³-hybridized carbons (Fsp3) is 0.200. The molecule has 25 heavy (non-hydrogen) atoms. The van der Waals surface area contributed by atoms with Gasteiger partial charge in [-0.2, -0.15) is 5.26 Å². The van der Waals surface area contributed by atoms with Gasteiger partial charge in [0.05, 0.1) is 22.3 Å². The molecule has 0 aliphatic carbocycles. The topological polar surface area (TPSA) is 64.9 Å². The first-order chi connectivity index (χ1) is 12.2. The van der Waals surface area contributed by atoms with Gasteiger partial charge in [0.15, 0.2) is 0 Å². The Bertz CT molecular complexity index is 859. The number of benzene rings is 2. The summed E-state index contributed by atoms with van der Waals surface area (Å²) in [5.41, 5.74) is 3.70. The van der Waals surface area contributed by atoms with E-state index in [4.69, 9.17) is 16.9 Å². The van der Waals surface area contributed by atoms with Crippen molar-refractivity contribution in [3.8, 4) is 6.07 Å². The highest BCUT2D eigenvalue weighted by Gasteiger charge is 2.12. The van der Waals surface area contributed by atoms with Gasteiger partial charge in [-0.3, -0.25) is 4.79 Å². The number of anilines is 1. The maximum absolute atomic E-state index is 12.4. The van der Waals surface area contributed by atoms with Crippen LogP contribution in [0.25, 0.3) is 6.08 Å². The standard InChI is InChI=1S/C20H18ClN3O/c21-19-16(11-14-7-9-23-10-8-14)4-2-6-18(19)24-20(25)17-5-1-3-15(12-17)13-22/h1-6,11-12,23H,7-10H2,(H,24,25). The summed E-state index contributed by atoms with van der Waals surface area (Å²) in [5.74, 6) is -0.286. The first-order valence-corrected chi connectivity index (χ1v) is 8.55. The van der Waals surface area contributed by atoms with Crippen LogP contribution in [0.3, 0.4) is 0 Å². The van der Waals surface area contributed by atoms with Crippen LogP contribution in [-0.2, 0) is 0 Å². The molecule has 1 amide bonds. The molecule has 2 aromatic carbocycles. The Morgan fingerprint density at radius 3 is 2.72 bits per heavy atom. The van der Waals surface area contributed by atoms with Crippen molar-refractivity contribution >= 4 is 29.3 Å². The zero-order valence-corrected chi connectivity index (χ0v) is 14.4. The SMILES string of the molecule is N#Cc1cccc(C(=O)Nc2cccc(C=C3CCNCC3)c2Cl)c1. The second-order valence-electron chi connectivity index (χ2n) is 5.91. The van der Waals surface area contributed by atoms with E-state index in [1.807, 2.05) is 18.2 Å². The number of piperidine rings is 1. The van der Waals surface area contributed by atoms with Gasteiger partial charge in [0, 0.05) is 5.56 Å². The minimum atomic E-state index is -0.286. The van der Waals surface area contributed by atoms with Crippen LogP contribution in [0.1, 0.15) is 34.3 Å². The van der Waals surface area contributed by atoms with Gasteiger partial charge >= 0.3 is 0 Å². The lowest BCUT2D eigenvalue weighted by molar-refractivity contribution is 0.102. The van der Waals surface area contributed by atoms with Gasteiger partial charge in [0.1, 0.15) is 0 Å². The lowest BCUT2D eigenvalue weighted by atomic mass is 10.0. The average Bonchev–Trinajstić information content (AvgIpc) is 2.66. The van der Waals surface area contributed by atoms with Gasteiger partial charge in [-0.1, -0.05) is 41.4 Å². The zero-order chi connectivity index (χ0) is 17.6. The van der Waals surface area contributed by atoms with Crippen LogP contribution >= 0.6 is 11.6 Å². The molecule has 1 saturated heterocycles. The van der Waals surface area contributed by atoms with E-state index in [9.17, 15) is 4.79 Å². The molecule has 1 heterocycles. The van der Waals surface area contributed by atoms with Gasteiger partial charge in [-0.25, -0.2) is 0 Å².